The molecule has 0 radical (unpaired) electrons. The first-order valence-corrected chi connectivity index (χ1v) is 9.64. The van der Waals surface area contributed by atoms with Crippen LogP contribution in [-0.4, -0.2) is 29.5 Å². The quantitative estimate of drug-likeness (QED) is 0.457. The molecule has 28 heavy (non-hydrogen) atoms. The molecule has 0 saturated carbocycles. The van der Waals surface area contributed by atoms with E-state index in [1.165, 1.54) is 0 Å². The van der Waals surface area contributed by atoms with Crippen LogP contribution in [0.3, 0.4) is 0 Å². The van der Waals surface area contributed by atoms with Crippen molar-refractivity contribution in [2.75, 3.05) is 0 Å². The molecule has 5 rings (SSSR count). The molecule has 0 unspecified atom stereocenters. The maximum atomic E-state index is 4.94. The lowest BCUT2D eigenvalue weighted by Gasteiger charge is -2.06. The first kappa shape index (κ1) is 16.7. The number of hydrogen-bond acceptors (Lipinski definition) is 6. The molecule has 5 heterocycles. The molecule has 136 valence electrons. The first-order chi connectivity index (χ1) is 13.7. The summed E-state index contributed by atoms with van der Waals surface area (Å²) in [6.45, 7) is 2.02. The van der Waals surface area contributed by atoms with Gasteiger partial charge in [-0.3, -0.25) is 4.98 Å². The molecule has 7 heteroatoms. The van der Waals surface area contributed by atoms with Gasteiger partial charge in [0.05, 0.1) is 21.8 Å². The van der Waals surface area contributed by atoms with Gasteiger partial charge < -0.3 is 4.57 Å². The monoisotopic (exact) mass is 384 g/mol. The molecule has 0 fully saturated rings. The van der Waals surface area contributed by atoms with E-state index in [-0.39, 0.29) is 0 Å². The third-order valence-corrected chi connectivity index (χ3v) is 5.83. The lowest BCUT2D eigenvalue weighted by molar-refractivity contribution is 0.968. The zero-order valence-electron chi connectivity index (χ0n) is 15.4. The van der Waals surface area contributed by atoms with E-state index >= 15 is 0 Å². The van der Waals surface area contributed by atoms with Crippen LogP contribution in [0.25, 0.3) is 43.6 Å². The van der Waals surface area contributed by atoms with Crippen LogP contribution in [0.15, 0.2) is 61.3 Å². The molecule has 0 aliphatic carbocycles. The highest BCUT2D eigenvalue weighted by Gasteiger charge is 2.18. The van der Waals surface area contributed by atoms with Crippen molar-refractivity contribution in [2.45, 2.75) is 6.92 Å². The zero-order chi connectivity index (χ0) is 19.1. The van der Waals surface area contributed by atoms with Crippen molar-refractivity contribution in [2.24, 2.45) is 7.05 Å². The van der Waals surface area contributed by atoms with Crippen molar-refractivity contribution >= 4 is 22.2 Å². The van der Waals surface area contributed by atoms with Gasteiger partial charge in [0.15, 0.2) is 5.82 Å². The number of nitrogens with zero attached hydrogens (tertiary/aromatic N) is 6. The maximum Gasteiger partial charge on any atom is 0.178 e. The van der Waals surface area contributed by atoms with Crippen LogP contribution >= 0.6 is 11.3 Å². The minimum absolute atomic E-state index is 0.621. The fraction of sp³-hybridized carbons (Fsp3) is 0.0952. The topological polar surface area (TPSA) is 69.4 Å². The number of thiazole rings is 1. The number of aryl methyl sites for hydroxylation is 2. The minimum atomic E-state index is 0.621. The summed E-state index contributed by atoms with van der Waals surface area (Å²) in [6.07, 6.45) is 9.11. The summed E-state index contributed by atoms with van der Waals surface area (Å²) in [5, 5.41) is 1.97. The molecular weight excluding hydrogens is 368 g/mol. The Kier molecular flexibility index (Phi) is 3.95. The third kappa shape index (κ3) is 2.76. The highest BCUT2D eigenvalue weighted by molar-refractivity contribution is 7.18. The molecule has 5 aromatic rings. The van der Waals surface area contributed by atoms with Crippen LogP contribution < -0.4 is 0 Å². The van der Waals surface area contributed by atoms with Gasteiger partial charge >= 0.3 is 0 Å². The van der Waals surface area contributed by atoms with E-state index in [9.17, 15) is 0 Å². The van der Waals surface area contributed by atoms with E-state index in [1.807, 2.05) is 44.6 Å². The highest BCUT2D eigenvalue weighted by atomic mass is 32.1. The fourth-order valence-corrected chi connectivity index (χ4v) is 4.24. The fourth-order valence-electron chi connectivity index (χ4n) is 3.22. The first-order valence-electron chi connectivity index (χ1n) is 8.82. The van der Waals surface area contributed by atoms with E-state index in [0.29, 0.717) is 5.82 Å². The largest absolute Gasteiger partial charge is 0.350 e. The Balaban J connectivity index is 1.72. The van der Waals surface area contributed by atoms with Gasteiger partial charge in [-0.2, -0.15) is 0 Å². The van der Waals surface area contributed by atoms with Gasteiger partial charge in [0.1, 0.15) is 10.7 Å². The zero-order valence-corrected chi connectivity index (χ0v) is 16.2. The van der Waals surface area contributed by atoms with Crippen LogP contribution in [0.2, 0.25) is 0 Å². The van der Waals surface area contributed by atoms with Crippen molar-refractivity contribution in [1.82, 2.24) is 29.5 Å². The smallest absolute Gasteiger partial charge is 0.178 e. The van der Waals surface area contributed by atoms with Crippen molar-refractivity contribution in [3.8, 4) is 32.7 Å². The Morgan fingerprint density at radius 2 is 1.86 bits per heavy atom. The SMILES string of the molecule is Cc1nc(-c2cccnc2)sc1-c1cc2c(ccn2C)c(-c2ncccn2)n1. The van der Waals surface area contributed by atoms with Crippen LogP contribution in [0, 0.1) is 6.92 Å². The van der Waals surface area contributed by atoms with Gasteiger partial charge in [-0.05, 0) is 37.3 Å². The molecule has 0 bridgehead atoms. The van der Waals surface area contributed by atoms with Crippen LogP contribution in [0.5, 0.6) is 0 Å². The van der Waals surface area contributed by atoms with Crippen molar-refractivity contribution in [3.63, 3.8) is 0 Å². The second kappa shape index (κ2) is 6.61. The molecule has 0 aliphatic rings. The molecule has 0 spiro atoms. The van der Waals surface area contributed by atoms with Crippen molar-refractivity contribution in [3.05, 3.63) is 67.0 Å². The normalized spacial score (nSPS) is 11.2. The van der Waals surface area contributed by atoms with Gasteiger partial charge in [-0.1, -0.05) is 0 Å². The van der Waals surface area contributed by atoms with Crippen molar-refractivity contribution in [1.29, 1.82) is 0 Å². The highest BCUT2D eigenvalue weighted by Crippen LogP contribution is 2.37. The number of pyridine rings is 2. The predicted octanol–water partition coefficient (Wildman–Crippen LogP) is 4.52. The van der Waals surface area contributed by atoms with Crippen molar-refractivity contribution < 1.29 is 0 Å². The lowest BCUT2D eigenvalue weighted by atomic mass is 10.1. The standard InChI is InChI=1S/C21H16N6S/c1-13-19(28-21(25-13)14-5-3-7-22-12-14)16-11-17-15(6-10-27(17)2)18(26-16)20-23-8-4-9-24-20/h3-12H,1-2H3. The molecule has 0 N–H and O–H groups in total. The summed E-state index contributed by atoms with van der Waals surface area (Å²) >= 11 is 1.62. The van der Waals surface area contributed by atoms with Crippen LogP contribution in [0.4, 0.5) is 0 Å². The Morgan fingerprint density at radius 3 is 2.64 bits per heavy atom. The summed E-state index contributed by atoms with van der Waals surface area (Å²) in [5.41, 5.74) is 4.70. The van der Waals surface area contributed by atoms with E-state index in [2.05, 4.69) is 31.7 Å². The third-order valence-electron chi connectivity index (χ3n) is 4.60. The Labute approximate surface area is 165 Å². The van der Waals surface area contributed by atoms with Gasteiger partial charge in [-0.25, -0.2) is 19.9 Å². The molecule has 0 amide bonds. The molecule has 6 nitrogen and oxygen atoms in total. The second-order valence-corrected chi connectivity index (χ2v) is 7.46. The Morgan fingerprint density at radius 1 is 1.00 bits per heavy atom. The molecule has 0 aromatic carbocycles. The van der Waals surface area contributed by atoms with Gasteiger partial charge in [0.2, 0.25) is 0 Å². The molecule has 0 aliphatic heterocycles. The average Bonchev–Trinajstić information content (AvgIpc) is 3.32. The van der Waals surface area contributed by atoms with Gasteiger partial charge in [-0.15, -0.1) is 11.3 Å². The van der Waals surface area contributed by atoms with Crippen LogP contribution in [-0.2, 0) is 7.05 Å². The molecular formula is C21H16N6S. The van der Waals surface area contributed by atoms with E-state index < -0.39 is 0 Å². The summed E-state index contributed by atoms with van der Waals surface area (Å²) < 4.78 is 2.09. The Hall–Kier alpha value is -3.45. The summed E-state index contributed by atoms with van der Waals surface area (Å²) in [5.74, 6) is 0.621. The predicted molar refractivity (Wildman–Crippen MR) is 111 cm³/mol. The van der Waals surface area contributed by atoms with E-state index in [0.717, 1.165) is 43.4 Å². The number of rotatable bonds is 3. The second-order valence-electron chi connectivity index (χ2n) is 6.46. The summed E-state index contributed by atoms with van der Waals surface area (Å²) in [4.78, 5) is 23.8. The van der Waals surface area contributed by atoms with E-state index in [1.54, 1.807) is 29.9 Å². The molecule has 5 aromatic heterocycles. The number of fused-ring (bicyclic) bond motifs is 1. The minimum Gasteiger partial charge on any atom is -0.350 e. The van der Waals surface area contributed by atoms with E-state index in [4.69, 9.17) is 9.97 Å². The Bertz CT molecular complexity index is 1270. The molecule has 0 saturated heterocycles. The summed E-state index contributed by atoms with van der Waals surface area (Å²) in [6, 6.07) is 9.91. The molecule has 0 atom stereocenters. The average molecular weight is 384 g/mol. The number of hydrogen-bond donors (Lipinski definition) is 0. The number of aromatic nitrogens is 6. The van der Waals surface area contributed by atoms with Crippen LogP contribution in [0.1, 0.15) is 5.69 Å². The van der Waals surface area contributed by atoms with Gasteiger partial charge in [0.25, 0.3) is 0 Å². The maximum absolute atomic E-state index is 4.94. The summed E-state index contributed by atoms with van der Waals surface area (Å²) in [7, 11) is 2.03. The lowest BCUT2D eigenvalue weighted by Crippen LogP contribution is -1.95. The van der Waals surface area contributed by atoms with Gasteiger partial charge in [0, 0.05) is 49.0 Å².